The van der Waals surface area contributed by atoms with Crippen molar-refractivity contribution in [3.05, 3.63) is 40.4 Å². The van der Waals surface area contributed by atoms with Crippen molar-refractivity contribution in [2.45, 2.75) is 0 Å². The predicted octanol–water partition coefficient (Wildman–Crippen LogP) is 0.628. The molecule has 0 unspecified atom stereocenters. The van der Waals surface area contributed by atoms with Crippen molar-refractivity contribution < 1.29 is 9.47 Å². The summed E-state index contributed by atoms with van der Waals surface area (Å²) in [5.41, 5.74) is 2.86. The van der Waals surface area contributed by atoms with E-state index in [1.54, 1.807) is 32.6 Å². The van der Waals surface area contributed by atoms with Gasteiger partial charge in [0.2, 0.25) is 0 Å². The summed E-state index contributed by atoms with van der Waals surface area (Å²) < 4.78 is 10.3. The number of hydrazone groups is 1. The molecule has 2 N–H and O–H groups in total. The van der Waals surface area contributed by atoms with E-state index < -0.39 is 5.69 Å². The van der Waals surface area contributed by atoms with Crippen molar-refractivity contribution in [3.63, 3.8) is 0 Å². The number of aromatic amines is 1. The van der Waals surface area contributed by atoms with Crippen LogP contribution in [0.2, 0.25) is 0 Å². The molecule has 0 spiro atoms. The lowest BCUT2D eigenvalue weighted by Crippen LogP contribution is -2.13. The number of hydrogen-bond donors (Lipinski definition) is 2. The van der Waals surface area contributed by atoms with E-state index in [9.17, 15) is 4.79 Å². The molecule has 0 amide bonds. The molecule has 8 heteroatoms. The van der Waals surface area contributed by atoms with Crippen LogP contribution in [0.25, 0.3) is 0 Å². The minimum Gasteiger partial charge on any atom is -0.493 e. The molecular weight excluding hydrogens is 262 g/mol. The van der Waals surface area contributed by atoms with Gasteiger partial charge in [-0.1, -0.05) is 0 Å². The number of nitrogens with zero attached hydrogens (tertiary/aromatic N) is 3. The third-order valence-electron chi connectivity index (χ3n) is 2.37. The van der Waals surface area contributed by atoms with Gasteiger partial charge in [0, 0.05) is 0 Å². The predicted molar refractivity (Wildman–Crippen MR) is 73.4 cm³/mol. The van der Waals surface area contributed by atoms with Crippen LogP contribution in [0.15, 0.2) is 34.3 Å². The van der Waals surface area contributed by atoms with Crippen LogP contribution in [0.1, 0.15) is 5.56 Å². The van der Waals surface area contributed by atoms with Gasteiger partial charge in [0.1, 0.15) is 0 Å². The summed E-state index contributed by atoms with van der Waals surface area (Å²) in [4.78, 5) is 14.5. The third kappa shape index (κ3) is 3.31. The molecule has 104 valence electrons. The average molecular weight is 275 g/mol. The van der Waals surface area contributed by atoms with Gasteiger partial charge in [0.25, 0.3) is 0 Å². The Hall–Kier alpha value is -2.90. The quantitative estimate of drug-likeness (QED) is 0.613. The monoisotopic (exact) mass is 275 g/mol. The van der Waals surface area contributed by atoms with E-state index in [-0.39, 0.29) is 5.82 Å². The average Bonchev–Trinajstić information content (AvgIpc) is 2.47. The van der Waals surface area contributed by atoms with E-state index in [2.05, 4.69) is 25.7 Å². The number of benzene rings is 1. The Morgan fingerprint density at radius 2 is 2.10 bits per heavy atom. The van der Waals surface area contributed by atoms with Crippen molar-refractivity contribution in [1.29, 1.82) is 0 Å². The van der Waals surface area contributed by atoms with Gasteiger partial charge in [-0.2, -0.15) is 15.2 Å². The Morgan fingerprint density at radius 1 is 1.30 bits per heavy atom. The summed E-state index contributed by atoms with van der Waals surface area (Å²) in [7, 11) is 3.13. The molecule has 0 aliphatic heterocycles. The van der Waals surface area contributed by atoms with Crippen molar-refractivity contribution in [2.24, 2.45) is 5.10 Å². The highest BCUT2D eigenvalue weighted by Gasteiger charge is 2.02. The Kier molecular flexibility index (Phi) is 4.28. The number of aromatic nitrogens is 3. The first kappa shape index (κ1) is 13.5. The molecule has 8 nitrogen and oxygen atoms in total. The highest BCUT2D eigenvalue weighted by molar-refractivity contribution is 5.81. The Labute approximate surface area is 114 Å². The summed E-state index contributed by atoms with van der Waals surface area (Å²) in [6, 6.07) is 5.36. The zero-order chi connectivity index (χ0) is 14.4. The first-order chi connectivity index (χ1) is 9.72. The van der Waals surface area contributed by atoms with Crippen LogP contribution in [-0.4, -0.2) is 35.6 Å². The highest BCUT2D eigenvalue weighted by atomic mass is 16.5. The summed E-state index contributed by atoms with van der Waals surface area (Å²) >= 11 is 0. The molecule has 0 aliphatic rings. The second-order valence-electron chi connectivity index (χ2n) is 3.66. The molecule has 1 aromatic heterocycles. The molecule has 2 rings (SSSR count). The standard InChI is InChI=1S/C12H13N5O3/c1-19-9-4-3-8(5-10(9)20-2)6-13-16-11-7-14-17-12(18)15-11/h3-7H,1-2H3,(H2,15,16,17,18)/b13-6+. The lowest BCUT2D eigenvalue weighted by Gasteiger charge is -2.07. The Bertz CT molecular complexity index is 668. The van der Waals surface area contributed by atoms with E-state index >= 15 is 0 Å². The normalized spacial score (nSPS) is 10.5. The maximum Gasteiger partial charge on any atom is 0.363 e. The number of anilines is 1. The van der Waals surface area contributed by atoms with Gasteiger partial charge in [-0.3, -0.25) is 5.43 Å². The molecule has 1 heterocycles. The summed E-state index contributed by atoms with van der Waals surface area (Å²) in [6.07, 6.45) is 2.91. The second-order valence-corrected chi connectivity index (χ2v) is 3.66. The van der Waals surface area contributed by atoms with Gasteiger partial charge >= 0.3 is 5.69 Å². The minimum absolute atomic E-state index is 0.255. The summed E-state index contributed by atoms with van der Waals surface area (Å²) in [5, 5.41) is 9.71. The zero-order valence-electron chi connectivity index (χ0n) is 11.0. The molecule has 0 saturated heterocycles. The third-order valence-corrected chi connectivity index (χ3v) is 2.37. The maximum absolute atomic E-state index is 10.9. The molecule has 0 aliphatic carbocycles. The maximum atomic E-state index is 10.9. The van der Waals surface area contributed by atoms with Crippen molar-refractivity contribution in [1.82, 2.24) is 15.2 Å². The van der Waals surface area contributed by atoms with Crippen LogP contribution in [0.4, 0.5) is 5.82 Å². The SMILES string of the molecule is COc1ccc(/C=N/Nc2cn[nH]c(=O)n2)cc1OC. The van der Waals surface area contributed by atoms with Gasteiger partial charge in [0.15, 0.2) is 17.3 Å². The van der Waals surface area contributed by atoms with Gasteiger partial charge in [-0.25, -0.2) is 9.89 Å². The smallest absolute Gasteiger partial charge is 0.363 e. The fourth-order valence-corrected chi connectivity index (χ4v) is 1.47. The van der Waals surface area contributed by atoms with Gasteiger partial charge in [-0.15, -0.1) is 0 Å². The van der Waals surface area contributed by atoms with Crippen LogP contribution in [0, 0.1) is 0 Å². The number of hydrogen-bond acceptors (Lipinski definition) is 7. The van der Waals surface area contributed by atoms with Gasteiger partial charge in [-0.05, 0) is 23.8 Å². The van der Waals surface area contributed by atoms with Crippen molar-refractivity contribution in [2.75, 3.05) is 19.6 Å². The fourth-order valence-electron chi connectivity index (χ4n) is 1.47. The Balaban J connectivity index is 2.10. The molecule has 0 radical (unpaired) electrons. The van der Waals surface area contributed by atoms with Crippen LogP contribution >= 0.6 is 0 Å². The van der Waals surface area contributed by atoms with Crippen molar-refractivity contribution >= 4 is 12.0 Å². The topological polar surface area (TPSA) is 101 Å². The minimum atomic E-state index is -0.545. The Morgan fingerprint density at radius 3 is 2.80 bits per heavy atom. The lowest BCUT2D eigenvalue weighted by atomic mass is 10.2. The number of methoxy groups -OCH3 is 2. The number of ether oxygens (including phenoxy) is 2. The van der Waals surface area contributed by atoms with E-state index in [4.69, 9.17) is 9.47 Å². The van der Waals surface area contributed by atoms with Crippen molar-refractivity contribution in [3.8, 4) is 11.5 Å². The molecule has 1 aromatic carbocycles. The summed E-state index contributed by atoms with van der Waals surface area (Å²) in [5.74, 6) is 1.50. The molecular formula is C12H13N5O3. The molecule has 20 heavy (non-hydrogen) atoms. The zero-order valence-corrected chi connectivity index (χ0v) is 11.0. The largest absolute Gasteiger partial charge is 0.493 e. The van der Waals surface area contributed by atoms with Crippen LogP contribution in [0.3, 0.4) is 0 Å². The molecule has 0 atom stereocenters. The van der Waals surface area contributed by atoms with Crippen LogP contribution < -0.4 is 20.6 Å². The van der Waals surface area contributed by atoms with Gasteiger partial charge in [0.05, 0.1) is 26.6 Å². The summed E-state index contributed by atoms with van der Waals surface area (Å²) in [6.45, 7) is 0. The number of nitrogens with one attached hydrogen (secondary N) is 2. The lowest BCUT2D eigenvalue weighted by molar-refractivity contribution is 0.355. The van der Waals surface area contributed by atoms with E-state index in [0.29, 0.717) is 11.5 Å². The number of rotatable bonds is 5. The molecule has 0 bridgehead atoms. The van der Waals surface area contributed by atoms with E-state index in [1.807, 2.05) is 6.07 Å². The molecule has 0 fully saturated rings. The first-order valence-electron chi connectivity index (χ1n) is 5.66. The highest BCUT2D eigenvalue weighted by Crippen LogP contribution is 2.26. The fraction of sp³-hybridized carbons (Fsp3) is 0.167. The van der Waals surface area contributed by atoms with Crippen LogP contribution in [-0.2, 0) is 0 Å². The molecule has 0 saturated carbocycles. The van der Waals surface area contributed by atoms with E-state index in [1.165, 1.54) is 6.20 Å². The second kappa shape index (κ2) is 6.32. The first-order valence-corrected chi connectivity index (χ1v) is 5.66. The molecule has 2 aromatic rings. The van der Waals surface area contributed by atoms with Crippen LogP contribution in [0.5, 0.6) is 11.5 Å². The van der Waals surface area contributed by atoms with Gasteiger partial charge < -0.3 is 9.47 Å². The number of H-pyrrole nitrogens is 1. The van der Waals surface area contributed by atoms with E-state index in [0.717, 1.165) is 5.56 Å².